The number of urea groups is 1. The molecule has 1 saturated carbocycles. The molecule has 3 N–H and O–H groups in total. The summed E-state index contributed by atoms with van der Waals surface area (Å²) >= 11 is 0. The zero-order valence-electron chi connectivity index (χ0n) is 11.2. The van der Waals surface area contributed by atoms with E-state index in [9.17, 15) is 27.9 Å². The van der Waals surface area contributed by atoms with Crippen LogP contribution in [0.2, 0.25) is 0 Å². The average molecular weight is 296 g/mol. The van der Waals surface area contributed by atoms with Crippen molar-refractivity contribution in [2.45, 2.75) is 50.7 Å². The van der Waals surface area contributed by atoms with Crippen molar-refractivity contribution in [3.8, 4) is 0 Å². The van der Waals surface area contributed by atoms with Crippen LogP contribution in [0.1, 0.15) is 39.0 Å². The summed E-state index contributed by atoms with van der Waals surface area (Å²) in [4.78, 5) is 22.9. The molecular weight excluding hydrogens is 277 g/mol. The molecular formula is C12H19F3N2O3. The van der Waals surface area contributed by atoms with Crippen molar-refractivity contribution < 1.29 is 27.9 Å². The Kier molecular flexibility index (Phi) is 5.24. The molecule has 1 aliphatic carbocycles. The minimum Gasteiger partial charge on any atom is -0.480 e. The highest BCUT2D eigenvalue weighted by Gasteiger charge is 2.42. The number of carboxylic acids is 1. The largest absolute Gasteiger partial charge is 0.480 e. The Balaban J connectivity index is 2.50. The SMILES string of the molecule is CC1CCC(NC(=O)NCCC(F)(F)F)(C(=O)O)CC1. The molecule has 0 heterocycles. The van der Waals surface area contributed by atoms with Gasteiger partial charge in [-0.2, -0.15) is 13.2 Å². The zero-order chi connectivity index (χ0) is 15.4. The third-order valence-electron chi connectivity index (χ3n) is 3.58. The maximum Gasteiger partial charge on any atom is 0.390 e. The number of halogens is 3. The lowest BCUT2D eigenvalue weighted by atomic mass is 9.77. The molecule has 2 amide bonds. The molecule has 1 rings (SSSR count). The van der Waals surface area contributed by atoms with Gasteiger partial charge in [-0.25, -0.2) is 9.59 Å². The average Bonchev–Trinajstić information content (AvgIpc) is 2.30. The number of alkyl halides is 3. The first-order chi connectivity index (χ1) is 9.15. The summed E-state index contributed by atoms with van der Waals surface area (Å²) in [5.74, 6) is -0.757. The molecule has 0 bridgehead atoms. The summed E-state index contributed by atoms with van der Waals surface area (Å²) in [6.07, 6.45) is -3.59. The van der Waals surface area contributed by atoms with E-state index in [1.54, 1.807) is 0 Å². The van der Waals surface area contributed by atoms with Gasteiger partial charge in [0.05, 0.1) is 6.42 Å². The third-order valence-corrected chi connectivity index (χ3v) is 3.58. The van der Waals surface area contributed by atoms with Gasteiger partial charge in [0.2, 0.25) is 0 Å². The fraction of sp³-hybridized carbons (Fsp3) is 0.833. The lowest BCUT2D eigenvalue weighted by Crippen LogP contribution is -2.58. The van der Waals surface area contributed by atoms with Crippen molar-refractivity contribution in [1.29, 1.82) is 0 Å². The van der Waals surface area contributed by atoms with Gasteiger partial charge >= 0.3 is 18.2 Å². The van der Waals surface area contributed by atoms with E-state index in [4.69, 9.17) is 0 Å². The van der Waals surface area contributed by atoms with E-state index in [0.717, 1.165) is 0 Å². The van der Waals surface area contributed by atoms with Crippen molar-refractivity contribution in [3.63, 3.8) is 0 Å². The Bertz CT molecular complexity index is 363. The van der Waals surface area contributed by atoms with Gasteiger partial charge in [0, 0.05) is 6.54 Å². The number of carbonyl (C=O) groups excluding carboxylic acids is 1. The van der Waals surface area contributed by atoms with E-state index < -0.39 is 36.7 Å². The van der Waals surface area contributed by atoms with Crippen LogP contribution in [0.15, 0.2) is 0 Å². The molecule has 0 unspecified atom stereocenters. The number of carbonyl (C=O) groups is 2. The van der Waals surface area contributed by atoms with Gasteiger partial charge in [0.25, 0.3) is 0 Å². The number of amides is 2. The molecule has 0 aromatic rings. The molecule has 0 spiro atoms. The molecule has 116 valence electrons. The second kappa shape index (κ2) is 6.32. The molecule has 5 nitrogen and oxygen atoms in total. The number of hydrogen-bond donors (Lipinski definition) is 3. The van der Waals surface area contributed by atoms with Crippen LogP contribution in [0.25, 0.3) is 0 Å². The lowest BCUT2D eigenvalue weighted by molar-refractivity contribution is -0.146. The maximum absolute atomic E-state index is 11.9. The third kappa shape index (κ3) is 4.90. The lowest BCUT2D eigenvalue weighted by Gasteiger charge is -2.36. The molecule has 1 aliphatic rings. The van der Waals surface area contributed by atoms with E-state index >= 15 is 0 Å². The Hall–Kier alpha value is -1.47. The van der Waals surface area contributed by atoms with E-state index in [1.165, 1.54) is 0 Å². The van der Waals surface area contributed by atoms with Crippen LogP contribution in [-0.4, -0.2) is 35.4 Å². The highest BCUT2D eigenvalue weighted by Crippen LogP contribution is 2.32. The molecule has 1 fully saturated rings. The number of carboxylic acid groups (broad SMARTS) is 1. The highest BCUT2D eigenvalue weighted by molar-refractivity contribution is 5.86. The van der Waals surface area contributed by atoms with E-state index in [0.29, 0.717) is 18.8 Å². The first-order valence-electron chi connectivity index (χ1n) is 6.51. The van der Waals surface area contributed by atoms with Gasteiger partial charge in [-0.15, -0.1) is 0 Å². The molecule has 0 aromatic carbocycles. The van der Waals surface area contributed by atoms with Gasteiger partial charge in [-0.05, 0) is 31.6 Å². The Labute approximate surface area is 114 Å². The molecule has 20 heavy (non-hydrogen) atoms. The summed E-state index contributed by atoms with van der Waals surface area (Å²) in [6, 6.07) is -0.869. The topological polar surface area (TPSA) is 78.4 Å². The Morgan fingerprint density at radius 1 is 1.30 bits per heavy atom. The van der Waals surface area contributed by atoms with Crippen molar-refractivity contribution in [2.24, 2.45) is 5.92 Å². The first-order valence-corrected chi connectivity index (χ1v) is 6.51. The van der Waals surface area contributed by atoms with E-state index in [-0.39, 0.29) is 12.8 Å². The number of aliphatic carboxylic acids is 1. The minimum absolute atomic E-state index is 0.288. The second-order valence-electron chi connectivity index (χ2n) is 5.32. The highest BCUT2D eigenvalue weighted by atomic mass is 19.4. The summed E-state index contributed by atoms with van der Waals surface area (Å²) in [5.41, 5.74) is -1.37. The smallest absolute Gasteiger partial charge is 0.390 e. The predicted molar refractivity (Wildman–Crippen MR) is 65.2 cm³/mol. The molecule has 0 aliphatic heterocycles. The van der Waals surface area contributed by atoms with Gasteiger partial charge in [0.15, 0.2) is 0 Å². The minimum atomic E-state index is -4.35. The monoisotopic (exact) mass is 296 g/mol. The van der Waals surface area contributed by atoms with Crippen LogP contribution < -0.4 is 10.6 Å². The van der Waals surface area contributed by atoms with Crippen LogP contribution >= 0.6 is 0 Å². The summed E-state index contributed by atoms with van der Waals surface area (Å²) in [5, 5.41) is 13.6. The zero-order valence-corrected chi connectivity index (χ0v) is 11.2. The fourth-order valence-electron chi connectivity index (χ4n) is 2.23. The number of hydrogen-bond acceptors (Lipinski definition) is 2. The van der Waals surface area contributed by atoms with Crippen LogP contribution in [-0.2, 0) is 4.79 Å². The van der Waals surface area contributed by atoms with Crippen LogP contribution in [0.4, 0.5) is 18.0 Å². The van der Waals surface area contributed by atoms with Crippen molar-refractivity contribution in [3.05, 3.63) is 0 Å². The fourth-order valence-corrected chi connectivity index (χ4v) is 2.23. The summed E-state index contributed by atoms with van der Waals surface area (Å²) < 4.78 is 35.8. The van der Waals surface area contributed by atoms with Crippen LogP contribution in [0.3, 0.4) is 0 Å². The van der Waals surface area contributed by atoms with Gasteiger partial charge in [-0.1, -0.05) is 6.92 Å². The van der Waals surface area contributed by atoms with Crippen molar-refractivity contribution in [2.75, 3.05) is 6.54 Å². The Morgan fingerprint density at radius 2 is 1.85 bits per heavy atom. The molecule has 0 atom stereocenters. The first kappa shape index (κ1) is 16.6. The number of nitrogens with one attached hydrogen (secondary N) is 2. The van der Waals surface area contributed by atoms with Crippen LogP contribution in [0.5, 0.6) is 0 Å². The predicted octanol–water partition coefficient (Wildman–Crippen LogP) is 2.27. The van der Waals surface area contributed by atoms with Crippen LogP contribution in [0, 0.1) is 5.92 Å². The van der Waals surface area contributed by atoms with Gasteiger partial charge < -0.3 is 15.7 Å². The number of rotatable bonds is 4. The van der Waals surface area contributed by atoms with Gasteiger partial charge in [-0.3, -0.25) is 0 Å². The normalized spacial score (nSPS) is 26.9. The Morgan fingerprint density at radius 3 is 2.30 bits per heavy atom. The molecule has 0 saturated heterocycles. The molecule has 0 radical (unpaired) electrons. The van der Waals surface area contributed by atoms with Crippen molar-refractivity contribution >= 4 is 12.0 Å². The van der Waals surface area contributed by atoms with Gasteiger partial charge in [0.1, 0.15) is 5.54 Å². The van der Waals surface area contributed by atoms with Crippen molar-refractivity contribution in [1.82, 2.24) is 10.6 Å². The second-order valence-corrected chi connectivity index (χ2v) is 5.32. The molecule has 8 heteroatoms. The maximum atomic E-state index is 11.9. The summed E-state index contributed by atoms with van der Waals surface area (Å²) in [6.45, 7) is 1.43. The molecule has 0 aromatic heterocycles. The summed E-state index contributed by atoms with van der Waals surface area (Å²) in [7, 11) is 0. The van der Waals surface area contributed by atoms with E-state index in [2.05, 4.69) is 5.32 Å². The van der Waals surface area contributed by atoms with E-state index in [1.807, 2.05) is 12.2 Å². The quantitative estimate of drug-likeness (QED) is 0.744. The standard InChI is InChI=1S/C12H19F3N2O3/c1-8-2-4-11(5-3-8,9(18)19)17-10(20)16-7-6-12(13,14)15/h8H,2-7H2,1H3,(H,18,19)(H2,16,17,20).